The van der Waals surface area contributed by atoms with E-state index in [1.165, 1.54) is 22.3 Å². The van der Waals surface area contributed by atoms with Crippen LogP contribution in [0.4, 0.5) is 8.78 Å². The Bertz CT molecular complexity index is 708. The second kappa shape index (κ2) is 6.02. The number of nitrogens with one attached hydrogen (secondary N) is 1. The molecule has 0 bridgehead atoms. The molecule has 1 heterocycles. The number of benzene rings is 2. The van der Waals surface area contributed by atoms with Gasteiger partial charge in [0.2, 0.25) is 0 Å². The van der Waals surface area contributed by atoms with Gasteiger partial charge in [0, 0.05) is 26.2 Å². The van der Waals surface area contributed by atoms with E-state index in [1.807, 2.05) is 35.2 Å². The molecule has 0 saturated carbocycles. The molecule has 1 aliphatic heterocycles. The molecule has 1 N–H and O–H groups in total. The molecule has 4 heteroatoms. The average molecular weight is 314 g/mol. The van der Waals surface area contributed by atoms with E-state index in [9.17, 15) is 8.78 Å². The summed E-state index contributed by atoms with van der Waals surface area (Å²) in [4.78, 5) is 1.91. The highest BCUT2D eigenvalue weighted by Gasteiger charge is 2.31. The van der Waals surface area contributed by atoms with Gasteiger partial charge in [0.15, 0.2) is 0 Å². The molecule has 2 nitrogen and oxygen atoms in total. The van der Waals surface area contributed by atoms with E-state index in [-0.39, 0.29) is 0 Å². The highest BCUT2D eigenvalue weighted by atomic mass is 19.3. The highest BCUT2D eigenvalue weighted by Crippen LogP contribution is 2.39. The van der Waals surface area contributed by atoms with Crippen molar-refractivity contribution in [2.45, 2.75) is 18.9 Å². The van der Waals surface area contributed by atoms with Crippen LogP contribution in [0.25, 0.3) is 11.1 Å². The predicted octanol–water partition coefficient (Wildman–Crippen LogP) is 3.47. The van der Waals surface area contributed by atoms with Crippen molar-refractivity contribution in [1.29, 1.82) is 0 Å². The van der Waals surface area contributed by atoms with Crippen LogP contribution < -0.4 is 5.32 Å². The molecule has 1 fully saturated rings. The van der Waals surface area contributed by atoms with Crippen LogP contribution in [0.3, 0.4) is 0 Å². The lowest BCUT2D eigenvalue weighted by Crippen LogP contribution is -2.46. The summed E-state index contributed by atoms with van der Waals surface area (Å²) in [6, 6.07) is 13.4. The van der Waals surface area contributed by atoms with E-state index in [1.54, 1.807) is 0 Å². The standard InChI is InChI=1S/C19H20F2N2/c20-19(21)18(23-9-7-22-8-10-23)14-5-6-17-15(12-14)11-13-3-1-2-4-16(13)17/h1-6,12,18-19,22H,7-11H2/t18-/m0/s1. The van der Waals surface area contributed by atoms with Crippen molar-refractivity contribution in [2.75, 3.05) is 26.2 Å². The third-order valence-electron chi connectivity index (χ3n) is 4.94. The Morgan fingerprint density at radius 3 is 2.43 bits per heavy atom. The molecule has 0 radical (unpaired) electrons. The van der Waals surface area contributed by atoms with Crippen molar-refractivity contribution in [2.24, 2.45) is 0 Å². The van der Waals surface area contributed by atoms with Crippen LogP contribution >= 0.6 is 0 Å². The van der Waals surface area contributed by atoms with E-state index in [2.05, 4.69) is 17.4 Å². The zero-order valence-corrected chi connectivity index (χ0v) is 12.9. The molecule has 1 atom stereocenters. The van der Waals surface area contributed by atoms with Crippen LogP contribution in [-0.2, 0) is 6.42 Å². The van der Waals surface area contributed by atoms with E-state index < -0.39 is 12.5 Å². The van der Waals surface area contributed by atoms with Gasteiger partial charge in [-0.2, -0.15) is 0 Å². The van der Waals surface area contributed by atoms with Gasteiger partial charge < -0.3 is 5.32 Å². The number of nitrogens with zero attached hydrogens (tertiary/aromatic N) is 1. The molecule has 1 saturated heterocycles. The van der Waals surface area contributed by atoms with Gasteiger partial charge in [-0.3, -0.25) is 4.90 Å². The third-order valence-corrected chi connectivity index (χ3v) is 4.94. The summed E-state index contributed by atoms with van der Waals surface area (Å²) >= 11 is 0. The smallest absolute Gasteiger partial charge is 0.258 e. The zero-order valence-electron chi connectivity index (χ0n) is 12.9. The van der Waals surface area contributed by atoms with E-state index in [0.717, 1.165) is 25.1 Å². The van der Waals surface area contributed by atoms with E-state index >= 15 is 0 Å². The van der Waals surface area contributed by atoms with Crippen LogP contribution in [0.15, 0.2) is 42.5 Å². The molecular formula is C19H20F2N2. The Morgan fingerprint density at radius 2 is 1.65 bits per heavy atom. The maximum Gasteiger partial charge on any atom is 0.258 e. The minimum Gasteiger partial charge on any atom is -0.314 e. The predicted molar refractivity (Wildman–Crippen MR) is 87.9 cm³/mol. The van der Waals surface area contributed by atoms with Gasteiger partial charge in [-0.1, -0.05) is 42.5 Å². The van der Waals surface area contributed by atoms with Crippen molar-refractivity contribution in [1.82, 2.24) is 10.2 Å². The quantitative estimate of drug-likeness (QED) is 0.796. The Morgan fingerprint density at radius 1 is 0.913 bits per heavy atom. The topological polar surface area (TPSA) is 15.3 Å². The van der Waals surface area contributed by atoms with Crippen LogP contribution in [0.1, 0.15) is 22.7 Å². The summed E-state index contributed by atoms with van der Waals surface area (Å²) in [6.07, 6.45) is -1.52. The minimum atomic E-state index is -2.37. The summed E-state index contributed by atoms with van der Waals surface area (Å²) < 4.78 is 27.4. The summed E-state index contributed by atoms with van der Waals surface area (Å²) in [6.45, 7) is 2.90. The fraction of sp³-hybridized carbons (Fsp3) is 0.368. The number of piperazine rings is 1. The molecular weight excluding hydrogens is 294 g/mol. The Kier molecular flexibility index (Phi) is 3.87. The maximum absolute atomic E-state index is 13.7. The van der Waals surface area contributed by atoms with Gasteiger partial charge in [-0.25, -0.2) is 8.78 Å². The first-order chi connectivity index (χ1) is 11.2. The van der Waals surface area contributed by atoms with Crippen molar-refractivity contribution < 1.29 is 8.78 Å². The number of halogens is 2. The lowest BCUT2D eigenvalue weighted by molar-refractivity contribution is 0.0181. The normalized spacial score (nSPS) is 18.7. The lowest BCUT2D eigenvalue weighted by Gasteiger charge is -2.34. The summed E-state index contributed by atoms with van der Waals surface area (Å²) in [7, 11) is 0. The fourth-order valence-corrected chi connectivity index (χ4v) is 3.82. The molecule has 4 rings (SSSR count). The average Bonchev–Trinajstić information content (AvgIpc) is 2.93. The molecule has 1 aliphatic carbocycles. The van der Waals surface area contributed by atoms with Crippen LogP contribution in [0.2, 0.25) is 0 Å². The van der Waals surface area contributed by atoms with Crippen LogP contribution in [-0.4, -0.2) is 37.5 Å². The van der Waals surface area contributed by atoms with Crippen molar-refractivity contribution in [3.05, 3.63) is 59.2 Å². The molecule has 2 aromatic rings. The van der Waals surface area contributed by atoms with E-state index in [4.69, 9.17) is 0 Å². The second-order valence-corrected chi connectivity index (χ2v) is 6.32. The number of fused-ring (bicyclic) bond motifs is 3. The number of hydrogen-bond acceptors (Lipinski definition) is 2. The molecule has 2 aromatic carbocycles. The van der Waals surface area contributed by atoms with Crippen molar-refractivity contribution in [3.63, 3.8) is 0 Å². The molecule has 23 heavy (non-hydrogen) atoms. The molecule has 0 unspecified atom stereocenters. The fourth-order valence-electron chi connectivity index (χ4n) is 3.82. The van der Waals surface area contributed by atoms with Crippen molar-refractivity contribution in [3.8, 4) is 11.1 Å². The number of hydrogen-bond donors (Lipinski definition) is 1. The van der Waals surface area contributed by atoms with Gasteiger partial charge in [0.1, 0.15) is 0 Å². The van der Waals surface area contributed by atoms with Crippen molar-refractivity contribution >= 4 is 0 Å². The monoisotopic (exact) mass is 314 g/mol. The molecule has 2 aliphatic rings. The second-order valence-electron chi connectivity index (χ2n) is 6.32. The van der Waals surface area contributed by atoms with Crippen LogP contribution in [0.5, 0.6) is 0 Å². The summed E-state index contributed by atoms with van der Waals surface area (Å²) in [5.74, 6) is 0. The minimum absolute atomic E-state index is 0.673. The Labute approximate surface area is 135 Å². The molecule has 0 aromatic heterocycles. The van der Waals surface area contributed by atoms with Gasteiger partial charge in [-0.15, -0.1) is 0 Å². The summed E-state index contributed by atoms with van der Waals surface area (Å²) in [5, 5.41) is 3.23. The maximum atomic E-state index is 13.7. The first kappa shape index (κ1) is 14.8. The van der Waals surface area contributed by atoms with E-state index in [0.29, 0.717) is 13.1 Å². The molecule has 0 amide bonds. The van der Waals surface area contributed by atoms with Gasteiger partial charge in [-0.05, 0) is 34.2 Å². The molecule has 120 valence electrons. The zero-order chi connectivity index (χ0) is 15.8. The lowest BCUT2D eigenvalue weighted by atomic mass is 9.98. The summed E-state index contributed by atoms with van der Waals surface area (Å²) in [5.41, 5.74) is 5.64. The SMILES string of the molecule is FC(F)[C@H](c1ccc2c(c1)Cc1ccccc1-2)N1CCNCC1. The van der Waals surface area contributed by atoms with Gasteiger partial charge >= 0.3 is 0 Å². The van der Waals surface area contributed by atoms with Gasteiger partial charge in [0.05, 0.1) is 6.04 Å². The Balaban J connectivity index is 1.68. The number of rotatable bonds is 3. The first-order valence-electron chi connectivity index (χ1n) is 8.18. The van der Waals surface area contributed by atoms with Crippen LogP contribution in [0, 0.1) is 0 Å². The van der Waals surface area contributed by atoms with Gasteiger partial charge in [0.25, 0.3) is 6.43 Å². The third kappa shape index (κ3) is 2.66. The largest absolute Gasteiger partial charge is 0.314 e. The molecule has 0 spiro atoms. The number of alkyl halides is 2. The first-order valence-corrected chi connectivity index (χ1v) is 8.18. The highest BCUT2D eigenvalue weighted by molar-refractivity contribution is 5.77. The Hall–Kier alpha value is -1.78.